The molecule has 4 rings (SSSR count). The van der Waals surface area contributed by atoms with Crippen molar-refractivity contribution in [3.8, 4) is 11.3 Å². The molecule has 2 amide bonds. The van der Waals surface area contributed by atoms with Crippen LogP contribution in [-0.2, 0) is 22.6 Å². The quantitative estimate of drug-likeness (QED) is 0.591. The Morgan fingerprint density at radius 2 is 1.90 bits per heavy atom. The Bertz CT molecular complexity index is 1110. The minimum atomic E-state index is -0.136. The lowest BCUT2D eigenvalue weighted by molar-refractivity contribution is -0.129. The third kappa shape index (κ3) is 5.35. The number of fused-ring (bicyclic) bond motifs is 1. The number of thioether (sulfide) groups is 1. The fraction of sp³-hybridized carbons (Fsp3) is 0.292. The minimum absolute atomic E-state index is 0.0820. The molecule has 0 saturated carbocycles. The number of thiazole rings is 1. The summed E-state index contributed by atoms with van der Waals surface area (Å²) in [7, 11) is 0. The highest BCUT2D eigenvalue weighted by Gasteiger charge is 2.20. The molecule has 1 N–H and O–H groups in total. The van der Waals surface area contributed by atoms with Crippen LogP contribution in [0, 0.1) is 13.8 Å². The zero-order valence-electron chi connectivity index (χ0n) is 17.7. The third-order valence-corrected chi connectivity index (χ3v) is 7.17. The number of aromatic nitrogens is 1. The van der Waals surface area contributed by atoms with Gasteiger partial charge in [-0.25, -0.2) is 4.98 Å². The average molecular weight is 452 g/mol. The van der Waals surface area contributed by atoms with E-state index in [2.05, 4.69) is 48.4 Å². The highest BCUT2D eigenvalue weighted by Crippen LogP contribution is 2.26. The van der Waals surface area contributed by atoms with Gasteiger partial charge in [0.15, 0.2) is 5.13 Å². The van der Waals surface area contributed by atoms with Gasteiger partial charge in [0.2, 0.25) is 11.8 Å². The summed E-state index contributed by atoms with van der Waals surface area (Å²) < 4.78 is 0. The number of rotatable bonds is 6. The Kier molecular flexibility index (Phi) is 6.73. The molecule has 0 atom stereocenters. The molecule has 31 heavy (non-hydrogen) atoms. The Balaban J connectivity index is 1.24. The van der Waals surface area contributed by atoms with Crippen molar-refractivity contribution in [1.82, 2.24) is 9.88 Å². The average Bonchev–Trinajstić information content (AvgIpc) is 3.23. The van der Waals surface area contributed by atoms with E-state index in [-0.39, 0.29) is 17.6 Å². The van der Waals surface area contributed by atoms with Gasteiger partial charge in [0.05, 0.1) is 17.2 Å². The van der Waals surface area contributed by atoms with Crippen LogP contribution in [0.5, 0.6) is 0 Å². The number of anilines is 1. The lowest BCUT2D eigenvalue weighted by Crippen LogP contribution is -2.37. The molecule has 0 unspecified atom stereocenters. The van der Waals surface area contributed by atoms with Crippen molar-refractivity contribution in [3.63, 3.8) is 0 Å². The number of benzene rings is 2. The highest BCUT2D eigenvalue weighted by atomic mass is 32.2. The maximum absolute atomic E-state index is 12.5. The fourth-order valence-corrected chi connectivity index (χ4v) is 5.00. The van der Waals surface area contributed by atoms with Crippen molar-refractivity contribution >= 4 is 40.0 Å². The second-order valence-corrected chi connectivity index (χ2v) is 9.56. The van der Waals surface area contributed by atoms with Gasteiger partial charge in [-0.1, -0.05) is 36.4 Å². The van der Waals surface area contributed by atoms with E-state index in [0.29, 0.717) is 17.4 Å². The molecule has 3 aromatic rings. The molecule has 7 heteroatoms. The predicted octanol–water partition coefficient (Wildman–Crippen LogP) is 4.68. The van der Waals surface area contributed by atoms with E-state index >= 15 is 0 Å². The molecular formula is C24H25N3O2S2. The Hall–Kier alpha value is -2.64. The number of carbonyl (C=O) groups is 2. The lowest BCUT2D eigenvalue weighted by atomic mass is 10.00. The van der Waals surface area contributed by atoms with Gasteiger partial charge in [0.1, 0.15) is 0 Å². The highest BCUT2D eigenvalue weighted by molar-refractivity contribution is 8.00. The van der Waals surface area contributed by atoms with E-state index in [0.717, 1.165) is 24.2 Å². The van der Waals surface area contributed by atoms with Gasteiger partial charge in [0, 0.05) is 24.0 Å². The van der Waals surface area contributed by atoms with Gasteiger partial charge < -0.3 is 10.2 Å². The van der Waals surface area contributed by atoms with Gasteiger partial charge in [-0.3, -0.25) is 9.59 Å². The normalized spacial score (nSPS) is 13.0. The van der Waals surface area contributed by atoms with Crippen molar-refractivity contribution in [2.45, 2.75) is 26.8 Å². The Morgan fingerprint density at radius 1 is 1.10 bits per heavy atom. The molecule has 2 aromatic carbocycles. The minimum Gasteiger partial charge on any atom is -0.337 e. The number of amides is 2. The molecule has 0 radical (unpaired) electrons. The first-order chi connectivity index (χ1) is 15.0. The molecule has 5 nitrogen and oxygen atoms in total. The topological polar surface area (TPSA) is 62.3 Å². The summed E-state index contributed by atoms with van der Waals surface area (Å²) >= 11 is 2.76. The lowest BCUT2D eigenvalue weighted by Gasteiger charge is -2.28. The van der Waals surface area contributed by atoms with Gasteiger partial charge in [0.25, 0.3) is 0 Å². The third-order valence-electron chi connectivity index (χ3n) is 5.50. The molecule has 0 spiro atoms. The van der Waals surface area contributed by atoms with Crippen molar-refractivity contribution < 1.29 is 9.59 Å². The fourth-order valence-electron chi connectivity index (χ4n) is 3.55. The van der Waals surface area contributed by atoms with Crippen LogP contribution in [0.2, 0.25) is 0 Å². The zero-order valence-corrected chi connectivity index (χ0v) is 19.3. The summed E-state index contributed by atoms with van der Waals surface area (Å²) in [5, 5.41) is 5.38. The summed E-state index contributed by atoms with van der Waals surface area (Å²) in [5.74, 6) is 0.483. The van der Waals surface area contributed by atoms with Gasteiger partial charge in [-0.05, 0) is 48.6 Å². The molecule has 1 aliphatic rings. The van der Waals surface area contributed by atoms with E-state index in [1.165, 1.54) is 45.4 Å². The smallest absolute Gasteiger partial charge is 0.236 e. The van der Waals surface area contributed by atoms with Crippen LogP contribution < -0.4 is 5.32 Å². The van der Waals surface area contributed by atoms with Crippen LogP contribution in [0.1, 0.15) is 22.3 Å². The van der Waals surface area contributed by atoms with Crippen LogP contribution in [0.25, 0.3) is 11.3 Å². The molecule has 0 saturated heterocycles. The van der Waals surface area contributed by atoms with E-state index < -0.39 is 0 Å². The van der Waals surface area contributed by atoms with Crippen molar-refractivity contribution in [1.29, 1.82) is 0 Å². The van der Waals surface area contributed by atoms with Crippen molar-refractivity contribution in [2.75, 3.05) is 23.4 Å². The number of nitrogens with one attached hydrogen (secondary N) is 1. The van der Waals surface area contributed by atoms with Gasteiger partial charge in [-0.15, -0.1) is 23.1 Å². The number of carbonyl (C=O) groups excluding carboxylic acids is 2. The SMILES string of the molecule is Cc1ccc(-c2csc(NC(=O)CSCC(=O)N3CCc4ccccc4C3)n2)cc1C. The number of nitrogens with zero attached hydrogens (tertiary/aromatic N) is 2. The van der Waals surface area contributed by atoms with Gasteiger partial charge >= 0.3 is 0 Å². The van der Waals surface area contributed by atoms with Crippen LogP contribution in [0.15, 0.2) is 47.8 Å². The molecule has 1 aromatic heterocycles. The number of aryl methyl sites for hydroxylation is 2. The number of hydrogen-bond acceptors (Lipinski definition) is 5. The van der Waals surface area contributed by atoms with Crippen LogP contribution in [-0.4, -0.2) is 39.7 Å². The summed E-state index contributed by atoms with van der Waals surface area (Å²) in [4.78, 5) is 31.2. The van der Waals surface area contributed by atoms with Crippen LogP contribution >= 0.6 is 23.1 Å². The summed E-state index contributed by atoms with van der Waals surface area (Å²) in [6.45, 7) is 5.55. The van der Waals surface area contributed by atoms with Crippen molar-refractivity contribution in [2.24, 2.45) is 0 Å². The Labute approximate surface area is 190 Å². The molecule has 1 aliphatic heterocycles. The molecule has 0 aliphatic carbocycles. The van der Waals surface area contributed by atoms with Crippen LogP contribution in [0.4, 0.5) is 5.13 Å². The summed E-state index contributed by atoms with van der Waals surface area (Å²) in [6, 6.07) is 14.5. The second kappa shape index (κ2) is 9.66. The maximum atomic E-state index is 12.5. The Morgan fingerprint density at radius 3 is 2.71 bits per heavy atom. The monoisotopic (exact) mass is 451 g/mol. The number of hydrogen-bond donors (Lipinski definition) is 1. The first kappa shape index (κ1) is 21.6. The van der Waals surface area contributed by atoms with Crippen LogP contribution in [0.3, 0.4) is 0 Å². The van der Waals surface area contributed by atoms with E-state index in [9.17, 15) is 9.59 Å². The maximum Gasteiger partial charge on any atom is 0.236 e. The second-order valence-electron chi connectivity index (χ2n) is 7.71. The van der Waals surface area contributed by atoms with E-state index in [1.54, 1.807) is 0 Å². The summed E-state index contributed by atoms with van der Waals surface area (Å²) in [6.07, 6.45) is 0.889. The summed E-state index contributed by atoms with van der Waals surface area (Å²) in [5.41, 5.74) is 6.90. The predicted molar refractivity (Wildman–Crippen MR) is 129 cm³/mol. The molecule has 0 bridgehead atoms. The largest absolute Gasteiger partial charge is 0.337 e. The first-order valence-corrected chi connectivity index (χ1v) is 12.3. The van der Waals surface area contributed by atoms with E-state index in [4.69, 9.17) is 0 Å². The molecule has 160 valence electrons. The first-order valence-electron chi connectivity index (χ1n) is 10.2. The molecule has 0 fully saturated rings. The van der Waals surface area contributed by atoms with Gasteiger partial charge in [-0.2, -0.15) is 0 Å². The molecule has 2 heterocycles. The standard InChI is InChI=1S/C24H25N3O2S2/c1-16-7-8-19(11-17(16)2)21-13-31-24(25-21)26-22(28)14-30-15-23(29)27-10-9-18-5-3-4-6-20(18)12-27/h3-8,11,13H,9-10,12,14-15H2,1-2H3,(H,25,26,28). The van der Waals surface area contributed by atoms with Crippen molar-refractivity contribution in [3.05, 3.63) is 70.1 Å². The zero-order chi connectivity index (χ0) is 21.8. The van der Waals surface area contributed by atoms with E-state index in [1.807, 2.05) is 28.5 Å². The molecular weight excluding hydrogens is 426 g/mol.